The van der Waals surface area contributed by atoms with E-state index >= 15 is 0 Å². The number of likely N-dealkylation sites (N-methyl/N-ethyl adjacent to an activating group) is 1. The normalized spacial score (nSPS) is 11.2. The molecule has 0 aliphatic carbocycles. The molecule has 0 N–H and O–H groups in total. The molecule has 3 aromatic rings. The second-order valence-corrected chi connectivity index (χ2v) is 6.77. The van der Waals surface area contributed by atoms with Crippen molar-refractivity contribution in [3.8, 4) is 22.4 Å². The summed E-state index contributed by atoms with van der Waals surface area (Å²) < 4.78 is 2.25. The summed E-state index contributed by atoms with van der Waals surface area (Å²) in [6.45, 7) is 3.27. The van der Waals surface area contributed by atoms with E-state index in [-0.39, 0.29) is 0 Å². The third kappa shape index (κ3) is 3.44. The van der Waals surface area contributed by atoms with Gasteiger partial charge < -0.3 is 9.47 Å². The summed E-state index contributed by atoms with van der Waals surface area (Å²) in [6, 6.07) is 19.7. The molecule has 0 amide bonds. The minimum absolute atomic E-state index is 1.07. The average molecular weight is 318 g/mol. The SMILES string of the molecule is Cc1cn(C)c(-c2cccc(CCN(C)C)c2)c1-c1ccccc1. The van der Waals surface area contributed by atoms with Gasteiger partial charge >= 0.3 is 0 Å². The first-order valence-corrected chi connectivity index (χ1v) is 8.51. The fraction of sp³-hybridized carbons (Fsp3) is 0.273. The zero-order valence-corrected chi connectivity index (χ0v) is 15.1. The van der Waals surface area contributed by atoms with Crippen molar-refractivity contribution >= 4 is 0 Å². The predicted octanol–water partition coefficient (Wildman–Crippen LogP) is 4.77. The first-order chi connectivity index (χ1) is 11.6. The highest BCUT2D eigenvalue weighted by molar-refractivity contribution is 5.84. The van der Waals surface area contributed by atoms with Gasteiger partial charge in [-0.3, -0.25) is 0 Å². The highest BCUT2D eigenvalue weighted by Crippen LogP contribution is 2.36. The van der Waals surface area contributed by atoms with Gasteiger partial charge in [0.1, 0.15) is 0 Å². The predicted molar refractivity (Wildman–Crippen MR) is 103 cm³/mol. The van der Waals surface area contributed by atoms with Gasteiger partial charge in [-0.2, -0.15) is 0 Å². The molecule has 1 aromatic heterocycles. The largest absolute Gasteiger partial charge is 0.350 e. The molecule has 1 heterocycles. The minimum Gasteiger partial charge on any atom is -0.350 e. The molecule has 0 saturated heterocycles. The number of benzene rings is 2. The van der Waals surface area contributed by atoms with Crippen LogP contribution in [0.4, 0.5) is 0 Å². The van der Waals surface area contributed by atoms with Crippen molar-refractivity contribution < 1.29 is 0 Å². The lowest BCUT2D eigenvalue weighted by molar-refractivity contribution is 0.413. The molecule has 2 heteroatoms. The van der Waals surface area contributed by atoms with Gasteiger partial charge in [0, 0.05) is 25.4 Å². The van der Waals surface area contributed by atoms with E-state index in [1.165, 1.54) is 33.5 Å². The average Bonchev–Trinajstić information content (AvgIpc) is 2.88. The Bertz CT molecular complexity index is 813. The molecule has 0 atom stereocenters. The zero-order valence-electron chi connectivity index (χ0n) is 15.1. The smallest absolute Gasteiger partial charge is 0.0560 e. The highest BCUT2D eigenvalue weighted by Gasteiger charge is 2.15. The zero-order chi connectivity index (χ0) is 17.1. The van der Waals surface area contributed by atoms with Crippen LogP contribution in [0.3, 0.4) is 0 Å². The molecule has 0 aliphatic rings. The van der Waals surface area contributed by atoms with E-state index in [9.17, 15) is 0 Å². The fourth-order valence-electron chi connectivity index (χ4n) is 3.33. The monoisotopic (exact) mass is 318 g/mol. The summed E-state index contributed by atoms with van der Waals surface area (Å²) in [5, 5.41) is 0. The second kappa shape index (κ2) is 7.06. The molecule has 124 valence electrons. The van der Waals surface area contributed by atoms with Crippen LogP contribution < -0.4 is 0 Å². The standard InChI is InChI=1S/C22H26N2/c1-17-16-24(4)22(21(17)19-10-6-5-7-11-19)20-12-8-9-18(15-20)13-14-23(2)3/h5-12,15-16H,13-14H2,1-4H3. The lowest BCUT2D eigenvalue weighted by Gasteiger charge is -2.12. The second-order valence-electron chi connectivity index (χ2n) is 6.77. The first-order valence-electron chi connectivity index (χ1n) is 8.51. The van der Waals surface area contributed by atoms with Crippen LogP contribution in [0.5, 0.6) is 0 Å². The third-order valence-corrected chi connectivity index (χ3v) is 4.48. The lowest BCUT2D eigenvalue weighted by Crippen LogP contribution is -2.15. The van der Waals surface area contributed by atoms with Gasteiger partial charge in [0.25, 0.3) is 0 Å². The van der Waals surface area contributed by atoms with Crippen LogP contribution in [0.15, 0.2) is 60.8 Å². The molecule has 0 unspecified atom stereocenters. The summed E-state index contributed by atoms with van der Waals surface area (Å²) in [5.74, 6) is 0. The molecule has 3 rings (SSSR count). The van der Waals surface area contributed by atoms with Gasteiger partial charge in [0.05, 0.1) is 5.69 Å². The van der Waals surface area contributed by atoms with E-state index in [0.29, 0.717) is 0 Å². The fourth-order valence-corrected chi connectivity index (χ4v) is 3.33. The molecular weight excluding hydrogens is 292 g/mol. The van der Waals surface area contributed by atoms with Crippen molar-refractivity contribution in [1.82, 2.24) is 9.47 Å². The molecule has 0 spiro atoms. The van der Waals surface area contributed by atoms with Gasteiger partial charge in [0.15, 0.2) is 0 Å². The Morgan fingerprint density at radius 1 is 0.917 bits per heavy atom. The van der Waals surface area contributed by atoms with Crippen molar-refractivity contribution in [1.29, 1.82) is 0 Å². The van der Waals surface area contributed by atoms with Crippen LogP contribution in [0, 0.1) is 6.92 Å². The molecular formula is C22H26N2. The molecule has 2 nitrogen and oxygen atoms in total. The van der Waals surface area contributed by atoms with Crippen molar-refractivity contribution in [2.75, 3.05) is 20.6 Å². The molecule has 0 saturated carbocycles. The van der Waals surface area contributed by atoms with E-state index in [1.807, 2.05) is 0 Å². The molecule has 0 fully saturated rings. The minimum atomic E-state index is 1.07. The summed E-state index contributed by atoms with van der Waals surface area (Å²) in [5.41, 5.74) is 7.91. The number of hydrogen-bond donors (Lipinski definition) is 0. The van der Waals surface area contributed by atoms with E-state index in [0.717, 1.165) is 13.0 Å². The molecule has 24 heavy (non-hydrogen) atoms. The lowest BCUT2D eigenvalue weighted by atomic mass is 9.97. The van der Waals surface area contributed by atoms with E-state index in [4.69, 9.17) is 0 Å². The Balaban J connectivity index is 2.06. The highest BCUT2D eigenvalue weighted by atomic mass is 15.0. The molecule has 0 aliphatic heterocycles. The maximum Gasteiger partial charge on any atom is 0.0560 e. The number of hydrogen-bond acceptors (Lipinski definition) is 1. The van der Waals surface area contributed by atoms with Crippen molar-refractivity contribution in [3.05, 3.63) is 71.9 Å². The van der Waals surface area contributed by atoms with Crippen LogP contribution >= 0.6 is 0 Å². The van der Waals surface area contributed by atoms with Crippen molar-refractivity contribution in [3.63, 3.8) is 0 Å². The van der Waals surface area contributed by atoms with Crippen molar-refractivity contribution in [2.24, 2.45) is 7.05 Å². The van der Waals surface area contributed by atoms with Gasteiger partial charge in [-0.15, -0.1) is 0 Å². The van der Waals surface area contributed by atoms with Crippen LogP contribution in [0.1, 0.15) is 11.1 Å². The first kappa shape index (κ1) is 16.5. The quantitative estimate of drug-likeness (QED) is 0.658. The Kier molecular flexibility index (Phi) is 4.86. The van der Waals surface area contributed by atoms with E-state index < -0.39 is 0 Å². The summed E-state index contributed by atoms with van der Waals surface area (Å²) >= 11 is 0. The topological polar surface area (TPSA) is 8.17 Å². The summed E-state index contributed by atoms with van der Waals surface area (Å²) in [6.07, 6.45) is 3.30. The number of aryl methyl sites for hydroxylation is 2. The van der Waals surface area contributed by atoms with Crippen LogP contribution in [0.2, 0.25) is 0 Å². The van der Waals surface area contributed by atoms with Crippen LogP contribution in [-0.2, 0) is 13.5 Å². The number of rotatable bonds is 5. The van der Waals surface area contributed by atoms with Crippen LogP contribution in [-0.4, -0.2) is 30.1 Å². The Hall–Kier alpha value is -2.32. The summed E-state index contributed by atoms with van der Waals surface area (Å²) in [4.78, 5) is 2.23. The molecule has 2 aromatic carbocycles. The van der Waals surface area contributed by atoms with Gasteiger partial charge in [0.2, 0.25) is 0 Å². The summed E-state index contributed by atoms with van der Waals surface area (Å²) in [7, 11) is 6.39. The van der Waals surface area contributed by atoms with Gasteiger partial charge in [-0.25, -0.2) is 0 Å². The maximum atomic E-state index is 2.34. The third-order valence-electron chi connectivity index (χ3n) is 4.48. The van der Waals surface area contributed by atoms with E-state index in [2.05, 4.69) is 98.3 Å². The Morgan fingerprint density at radius 3 is 2.33 bits per heavy atom. The van der Waals surface area contributed by atoms with E-state index in [1.54, 1.807) is 0 Å². The number of aromatic nitrogens is 1. The maximum absolute atomic E-state index is 2.34. The number of nitrogens with zero attached hydrogens (tertiary/aromatic N) is 2. The van der Waals surface area contributed by atoms with Gasteiger partial charge in [-0.1, -0.05) is 48.5 Å². The Labute approximate surface area is 145 Å². The Morgan fingerprint density at radius 2 is 1.62 bits per heavy atom. The van der Waals surface area contributed by atoms with Gasteiger partial charge in [-0.05, 0) is 55.8 Å². The molecule has 0 bridgehead atoms. The van der Waals surface area contributed by atoms with Crippen LogP contribution in [0.25, 0.3) is 22.4 Å². The van der Waals surface area contributed by atoms with Crippen molar-refractivity contribution in [2.45, 2.75) is 13.3 Å². The molecule has 0 radical (unpaired) electrons.